The van der Waals surface area contributed by atoms with E-state index in [2.05, 4.69) is 5.32 Å². The number of ether oxygens (including phenoxy) is 1. The molecule has 184 valence electrons. The summed E-state index contributed by atoms with van der Waals surface area (Å²) in [7, 11) is 1.62. The van der Waals surface area contributed by atoms with Crippen LogP contribution in [0.4, 0.5) is 0 Å². The molecule has 0 aliphatic rings. The first kappa shape index (κ1) is 26.0. The Hall–Kier alpha value is -3.60. The van der Waals surface area contributed by atoms with Crippen molar-refractivity contribution in [1.29, 1.82) is 0 Å². The van der Waals surface area contributed by atoms with Crippen molar-refractivity contribution in [2.24, 2.45) is 0 Å². The summed E-state index contributed by atoms with van der Waals surface area (Å²) in [5.41, 5.74) is 4.02. The van der Waals surface area contributed by atoms with Crippen molar-refractivity contribution < 1.29 is 14.3 Å². The molecule has 2 amide bonds. The van der Waals surface area contributed by atoms with Crippen molar-refractivity contribution in [1.82, 2.24) is 10.2 Å². The molecule has 0 spiro atoms. The normalized spacial score (nSPS) is 12.5. The summed E-state index contributed by atoms with van der Waals surface area (Å²) in [6.07, 6.45) is 1.47. The van der Waals surface area contributed by atoms with Crippen LogP contribution in [-0.4, -0.2) is 35.9 Å². The Balaban J connectivity index is 1.97. The highest BCUT2D eigenvalue weighted by molar-refractivity contribution is 5.89. The smallest absolute Gasteiger partial charge is 0.243 e. The number of amides is 2. The SMILES string of the molecule is CCC(C)NC(=O)C(Cc1ccccc1)N(Cc1ccccc1C)C(=O)Cc1ccc(OC)cc1. The van der Waals surface area contributed by atoms with Gasteiger partial charge in [-0.3, -0.25) is 9.59 Å². The summed E-state index contributed by atoms with van der Waals surface area (Å²) in [4.78, 5) is 29.1. The molecule has 0 aliphatic heterocycles. The van der Waals surface area contributed by atoms with Gasteiger partial charge in [0.2, 0.25) is 11.8 Å². The lowest BCUT2D eigenvalue weighted by atomic mass is 10.00. The monoisotopic (exact) mass is 472 g/mol. The van der Waals surface area contributed by atoms with E-state index in [0.717, 1.165) is 34.4 Å². The van der Waals surface area contributed by atoms with Gasteiger partial charge in [0.1, 0.15) is 11.8 Å². The number of carbonyl (C=O) groups is 2. The van der Waals surface area contributed by atoms with Gasteiger partial charge < -0.3 is 15.0 Å². The van der Waals surface area contributed by atoms with E-state index < -0.39 is 6.04 Å². The Bertz CT molecular complexity index is 1100. The molecule has 0 radical (unpaired) electrons. The molecular formula is C30H36N2O3. The molecule has 3 aromatic rings. The summed E-state index contributed by atoms with van der Waals surface area (Å²) in [6.45, 7) is 6.43. The second-order valence-corrected chi connectivity index (χ2v) is 9.00. The van der Waals surface area contributed by atoms with Gasteiger partial charge in [-0.05, 0) is 54.7 Å². The van der Waals surface area contributed by atoms with Gasteiger partial charge in [0.15, 0.2) is 0 Å². The van der Waals surface area contributed by atoms with E-state index in [1.807, 2.05) is 99.6 Å². The number of hydrogen-bond acceptors (Lipinski definition) is 3. The molecule has 1 N–H and O–H groups in total. The molecule has 5 nitrogen and oxygen atoms in total. The van der Waals surface area contributed by atoms with Crippen molar-refractivity contribution in [2.75, 3.05) is 7.11 Å². The molecule has 3 rings (SSSR count). The van der Waals surface area contributed by atoms with Crippen LogP contribution in [0.3, 0.4) is 0 Å². The lowest BCUT2D eigenvalue weighted by Gasteiger charge is -2.33. The number of methoxy groups -OCH3 is 1. The molecule has 0 aliphatic carbocycles. The van der Waals surface area contributed by atoms with E-state index in [1.165, 1.54) is 0 Å². The zero-order valence-electron chi connectivity index (χ0n) is 21.2. The van der Waals surface area contributed by atoms with Gasteiger partial charge >= 0.3 is 0 Å². The molecule has 0 bridgehead atoms. The van der Waals surface area contributed by atoms with E-state index in [9.17, 15) is 9.59 Å². The quantitative estimate of drug-likeness (QED) is 0.422. The molecule has 0 fully saturated rings. The van der Waals surface area contributed by atoms with E-state index in [-0.39, 0.29) is 24.3 Å². The zero-order valence-corrected chi connectivity index (χ0v) is 21.2. The van der Waals surface area contributed by atoms with Crippen LogP contribution >= 0.6 is 0 Å². The minimum absolute atomic E-state index is 0.0257. The predicted octanol–water partition coefficient (Wildman–Crippen LogP) is 5.10. The first-order valence-corrected chi connectivity index (χ1v) is 12.2. The predicted molar refractivity (Wildman–Crippen MR) is 140 cm³/mol. The summed E-state index contributed by atoms with van der Waals surface area (Å²) < 4.78 is 5.25. The third kappa shape index (κ3) is 7.44. The molecule has 2 atom stereocenters. The van der Waals surface area contributed by atoms with Gasteiger partial charge in [-0.2, -0.15) is 0 Å². The van der Waals surface area contributed by atoms with Gasteiger partial charge in [-0.15, -0.1) is 0 Å². The second-order valence-electron chi connectivity index (χ2n) is 9.00. The van der Waals surface area contributed by atoms with E-state index in [4.69, 9.17) is 4.74 Å². The van der Waals surface area contributed by atoms with Crippen LogP contribution < -0.4 is 10.1 Å². The summed E-state index contributed by atoms with van der Waals surface area (Å²) in [6, 6.07) is 24.8. The van der Waals surface area contributed by atoms with Gasteiger partial charge in [0.25, 0.3) is 0 Å². The number of nitrogens with one attached hydrogen (secondary N) is 1. The lowest BCUT2D eigenvalue weighted by Crippen LogP contribution is -2.52. The molecule has 0 heterocycles. The molecule has 5 heteroatoms. The Labute approximate surface area is 209 Å². The van der Waals surface area contributed by atoms with Crippen LogP contribution in [0.5, 0.6) is 5.75 Å². The Morgan fingerprint density at radius 3 is 2.20 bits per heavy atom. The number of aryl methyl sites for hydroxylation is 1. The molecule has 0 saturated heterocycles. The number of benzene rings is 3. The maximum absolute atomic E-state index is 13.8. The third-order valence-electron chi connectivity index (χ3n) is 6.39. The summed E-state index contributed by atoms with van der Waals surface area (Å²) in [5.74, 6) is 0.534. The van der Waals surface area contributed by atoms with Crippen molar-refractivity contribution in [3.63, 3.8) is 0 Å². The molecule has 35 heavy (non-hydrogen) atoms. The van der Waals surface area contributed by atoms with Crippen molar-refractivity contribution in [3.8, 4) is 5.75 Å². The fourth-order valence-corrected chi connectivity index (χ4v) is 3.99. The molecule has 3 aromatic carbocycles. The number of nitrogens with zero attached hydrogens (tertiary/aromatic N) is 1. The molecule has 2 unspecified atom stereocenters. The van der Waals surface area contributed by atoms with Crippen molar-refractivity contribution in [3.05, 3.63) is 101 Å². The topological polar surface area (TPSA) is 58.6 Å². The van der Waals surface area contributed by atoms with E-state index >= 15 is 0 Å². The zero-order chi connectivity index (χ0) is 25.2. The minimum atomic E-state index is -0.628. The van der Waals surface area contributed by atoms with E-state index in [1.54, 1.807) is 12.0 Å². The Morgan fingerprint density at radius 1 is 0.914 bits per heavy atom. The first-order chi connectivity index (χ1) is 16.9. The average molecular weight is 473 g/mol. The second kappa shape index (κ2) is 12.7. The highest BCUT2D eigenvalue weighted by Gasteiger charge is 2.31. The summed E-state index contributed by atoms with van der Waals surface area (Å²) in [5, 5.41) is 3.12. The fourth-order valence-electron chi connectivity index (χ4n) is 3.99. The third-order valence-corrected chi connectivity index (χ3v) is 6.39. The van der Waals surface area contributed by atoms with Crippen LogP contribution in [0.2, 0.25) is 0 Å². The lowest BCUT2D eigenvalue weighted by molar-refractivity contribution is -0.141. The van der Waals surface area contributed by atoms with Gasteiger partial charge in [-0.1, -0.05) is 73.7 Å². The van der Waals surface area contributed by atoms with Crippen LogP contribution in [0.1, 0.15) is 42.5 Å². The standard InChI is InChI=1S/C30H36N2O3/c1-5-23(3)31-30(34)28(19-24-12-7-6-8-13-24)32(21-26-14-10-9-11-22(26)2)29(33)20-25-15-17-27(35-4)18-16-25/h6-18,23,28H,5,19-21H2,1-4H3,(H,31,34). The number of hydrogen-bond donors (Lipinski definition) is 1. The van der Waals surface area contributed by atoms with Crippen LogP contribution in [-0.2, 0) is 29.0 Å². The van der Waals surface area contributed by atoms with E-state index in [0.29, 0.717) is 13.0 Å². The molecule has 0 aromatic heterocycles. The van der Waals surface area contributed by atoms with Crippen LogP contribution in [0.25, 0.3) is 0 Å². The number of carbonyl (C=O) groups excluding carboxylic acids is 2. The fraction of sp³-hybridized carbons (Fsp3) is 0.333. The maximum atomic E-state index is 13.8. The van der Waals surface area contributed by atoms with Gasteiger partial charge in [0.05, 0.1) is 13.5 Å². The van der Waals surface area contributed by atoms with Crippen molar-refractivity contribution >= 4 is 11.8 Å². The van der Waals surface area contributed by atoms with Gasteiger partial charge in [-0.25, -0.2) is 0 Å². The Morgan fingerprint density at radius 2 is 1.57 bits per heavy atom. The summed E-state index contributed by atoms with van der Waals surface area (Å²) >= 11 is 0. The van der Waals surface area contributed by atoms with Gasteiger partial charge in [0, 0.05) is 19.0 Å². The number of rotatable bonds is 11. The Kier molecular flexibility index (Phi) is 9.47. The molecule has 0 saturated carbocycles. The first-order valence-electron chi connectivity index (χ1n) is 12.2. The largest absolute Gasteiger partial charge is 0.497 e. The maximum Gasteiger partial charge on any atom is 0.243 e. The highest BCUT2D eigenvalue weighted by atomic mass is 16.5. The van der Waals surface area contributed by atoms with Crippen LogP contribution in [0.15, 0.2) is 78.9 Å². The average Bonchev–Trinajstić information content (AvgIpc) is 2.88. The van der Waals surface area contributed by atoms with Crippen LogP contribution in [0, 0.1) is 6.92 Å². The highest BCUT2D eigenvalue weighted by Crippen LogP contribution is 2.19. The van der Waals surface area contributed by atoms with Crippen molar-refractivity contribution in [2.45, 2.75) is 58.7 Å². The minimum Gasteiger partial charge on any atom is -0.497 e. The molecular weight excluding hydrogens is 436 g/mol.